The van der Waals surface area contributed by atoms with Crippen molar-refractivity contribution in [2.24, 2.45) is 16.8 Å². The first kappa shape index (κ1) is 21.3. The zero-order valence-electron chi connectivity index (χ0n) is 18.7. The number of piperidine rings is 1. The lowest BCUT2D eigenvalue weighted by Crippen LogP contribution is -2.42. The van der Waals surface area contributed by atoms with E-state index in [-0.39, 0.29) is 23.8 Å². The average Bonchev–Trinajstić information content (AvgIpc) is 3.47. The Kier molecular flexibility index (Phi) is 5.82. The molecular weight excluding hydrogens is 408 g/mol. The number of carbonyl (C=O) groups is 2. The van der Waals surface area contributed by atoms with Crippen molar-refractivity contribution in [1.29, 1.82) is 0 Å². The molecule has 0 bridgehead atoms. The highest BCUT2D eigenvalue weighted by atomic mass is 16.5. The Morgan fingerprint density at radius 3 is 2.81 bits per heavy atom. The van der Waals surface area contributed by atoms with E-state index in [1.807, 2.05) is 28.7 Å². The first-order valence-corrected chi connectivity index (χ1v) is 11.5. The molecule has 0 spiro atoms. The maximum atomic E-state index is 13.5. The smallest absolute Gasteiger partial charge is 0.281 e. The van der Waals surface area contributed by atoms with Crippen molar-refractivity contribution in [3.63, 3.8) is 0 Å². The first-order chi connectivity index (χ1) is 15.6. The van der Waals surface area contributed by atoms with E-state index in [0.717, 1.165) is 62.2 Å². The van der Waals surface area contributed by atoms with Gasteiger partial charge in [-0.15, -0.1) is 0 Å². The van der Waals surface area contributed by atoms with E-state index >= 15 is 0 Å². The Morgan fingerprint density at radius 2 is 2.09 bits per heavy atom. The van der Waals surface area contributed by atoms with Gasteiger partial charge < -0.3 is 14.4 Å². The van der Waals surface area contributed by atoms with Gasteiger partial charge in [0.1, 0.15) is 0 Å². The Balaban J connectivity index is 1.41. The van der Waals surface area contributed by atoms with Gasteiger partial charge in [-0.05, 0) is 44.6 Å². The largest absolute Gasteiger partial charge is 0.385 e. The maximum Gasteiger partial charge on any atom is 0.281 e. The molecule has 2 saturated heterocycles. The summed E-state index contributed by atoms with van der Waals surface area (Å²) in [6.07, 6.45) is 9.43. The van der Waals surface area contributed by atoms with Crippen LogP contribution in [0.4, 0.5) is 0 Å². The van der Waals surface area contributed by atoms with Crippen LogP contribution in [-0.2, 0) is 14.3 Å². The number of aliphatic imine (C=N–C) groups is 1. The van der Waals surface area contributed by atoms with Crippen molar-refractivity contribution in [2.75, 3.05) is 40.0 Å². The van der Waals surface area contributed by atoms with Crippen molar-refractivity contribution >= 4 is 23.1 Å². The molecule has 8 heteroatoms. The molecule has 0 N–H and O–H groups in total. The number of hydrogen-bond donors (Lipinski definition) is 0. The number of aromatic nitrogens is 2. The van der Waals surface area contributed by atoms with E-state index in [9.17, 15) is 9.59 Å². The van der Waals surface area contributed by atoms with Gasteiger partial charge in [0.25, 0.3) is 5.91 Å². The van der Waals surface area contributed by atoms with Crippen LogP contribution in [0.15, 0.2) is 28.9 Å². The molecule has 2 amide bonds. The van der Waals surface area contributed by atoms with E-state index in [0.29, 0.717) is 30.4 Å². The summed E-state index contributed by atoms with van der Waals surface area (Å²) < 4.78 is 12.7. The molecule has 1 unspecified atom stereocenters. The minimum atomic E-state index is -0.344. The van der Waals surface area contributed by atoms with E-state index < -0.39 is 0 Å². The maximum absolute atomic E-state index is 13.5. The quantitative estimate of drug-likeness (QED) is 0.706. The fourth-order valence-electron chi connectivity index (χ4n) is 5.20. The third-order valence-corrected chi connectivity index (χ3v) is 7.14. The molecule has 170 valence electrons. The van der Waals surface area contributed by atoms with Crippen LogP contribution in [0, 0.1) is 11.8 Å². The van der Waals surface area contributed by atoms with Crippen LogP contribution in [0.1, 0.15) is 54.7 Å². The van der Waals surface area contributed by atoms with Gasteiger partial charge >= 0.3 is 0 Å². The van der Waals surface area contributed by atoms with Gasteiger partial charge in [-0.2, -0.15) is 5.10 Å². The summed E-state index contributed by atoms with van der Waals surface area (Å²) in [4.78, 5) is 32.4. The van der Waals surface area contributed by atoms with Crippen LogP contribution in [0.25, 0.3) is 5.57 Å². The lowest BCUT2D eigenvalue weighted by atomic mass is 9.84. The van der Waals surface area contributed by atoms with Gasteiger partial charge in [-0.3, -0.25) is 14.3 Å². The van der Waals surface area contributed by atoms with Gasteiger partial charge in [-0.25, -0.2) is 4.99 Å². The average molecular weight is 439 g/mol. The summed E-state index contributed by atoms with van der Waals surface area (Å²) >= 11 is 0. The summed E-state index contributed by atoms with van der Waals surface area (Å²) in [6, 6.07) is 0.0964. The molecule has 0 radical (unpaired) electrons. The van der Waals surface area contributed by atoms with E-state index in [1.165, 1.54) is 0 Å². The Bertz CT molecular complexity index is 1010. The van der Waals surface area contributed by atoms with Gasteiger partial charge in [0.15, 0.2) is 0 Å². The highest BCUT2D eigenvalue weighted by Crippen LogP contribution is 2.37. The van der Waals surface area contributed by atoms with Crippen molar-refractivity contribution in [3.05, 3.63) is 35.2 Å². The van der Waals surface area contributed by atoms with Crippen molar-refractivity contribution < 1.29 is 19.1 Å². The number of nitrogens with zero attached hydrogens (tertiary/aromatic N) is 4. The number of allylic oxidation sites excluding steroid dienone is 2. The van der Waals surface area contributed by atoms with Gasteiger partial charge in [0, 0.05) is 39.0 Å². The normalized spacial score (nSPS) is 25.8. The number of amides is 2. The number of hydrogen-bond acceptors (Lipinski definition) is 5. The lowest BCUT2D eigenvalue weighted by Gasteiger charge is -2.35. The van der Waals surface area contributed by atoms with Gasteiger partial charge in [-0.1, -0.05) is 11.6 Å². The molecular formula is C24H30N4O4. The Hall–Kier alpha value is -2.58. The van der Waals surface area contributed by atoms with Crippen LogP contribution >= 0.6 is 0 Å². The standard InChI is InChI=1S/C24H30N4O4/c1-15-11-21-19(12-18(15)24(30)27-7-3-16(4-8-27)5-9-31-2)22-20(23(29)26-21)13-25-28(22)17-6-10-32-14-17/h11-13,16-18H,3-10,14H2,1-2H3/t17-,18?/m0/s1. The number of ether oxygens (including phenoxy) is 2. The van der Waals surface area contributed by atoms with E-state index in [1.54, 1.807) is 13.3 Å². The molecule has 4 heterocycles. The van der Waals surface area contributed by atoms with Gasteiger partial charge in [0.05, 0.1) is 41.7 Å². The molecule has 1 aromatic heterocycles. The summed E-state index contributed by atoms with van der Waals surface area (Å²) in [5.41, 5.74) is 3.66. The number of rotatable bonds is 5. The molecule has 1 aromatic rings. The minimum absolute atomic E-state index is 0.0964. The highest BCUT2D eigenvalue weighted by Gasteiger charge is 2.36. The molecule has 5 rings (SSSR count). The van der Waals surface area contributed by atoms with Crippen LogP contribution in [0.2, 0.25) is 0 Å². The Morgan fingerprint density at radius 1 is 1.28 bits per heavy atom. The second-order valence-electron chi connectivity index (χ2n) is 9.17. The van der Waals surface area contributed by atoms with Gasteiger partial charge in [0.2, 0.25) is 5.91 Å². The summed E-state index contributed by atoms with van der Waals surface area (Å²) in [5, 5.41) is 4.51. The summed E-state index contributed by atoms with van der Waals surface area (Å²) in [5.74, 6) is 0.131. The molecule has 3 aliphatic heterocycles. The predicted molar refractivity (Wildman–Crippen MR) is 119 cm³/mol. The molecule has 32 heavy (non-hydrogen) atoms. The molecule has 4 aliphatic rings. The number of fused-ring (bicyclic) bond motifs is 3. The summed E-state index contributed by atoms with van der Waals surface area (Å²) in [7, 11) is 1.73. The lowest BCUT2D eigenvalue weighted by molar-refractivity contribution is -0.134. The van der Waals surface area contributed by atoms with Crippen molar-refractivity contribution in [3.8, 4) is 0 Å². The molecule has 2 atom stereocenters. The second kappa shape index (κ2) is 8.75. The van der Waals surface area contributed by atoms with Crippen LogP contribution < -0.4 is 0 Å². The molecule has 0 saturated carbocycles. The zero-order chi connectivity index (χ0) is 22.2. The minimum Gasteiger partial charge on any atom is -0.385 e. The summed E-state index contributed by atoms with van der Waals surface area (Å²) in [6.45, 7) is 5.55. The SMILES string of the molecule is COCCC1CCN(C(=O)C2C=C3C(=NC(=O)c4cnn([C@H]5CCOC5)c43)C=C2C)CC1. The zero-order valence-corrected chi connectivity index (χ0v) is 18.7. The highest BCUT2D eigenvalue weighted by molar-refractivity contribution is 6.36. The third kappa shape index (κ3) is 3.75. The van der Waals surface area contributed by atoms with Crippen LogP contribution in [0.5, 0.6) is 0 Å². The topological polar surface area (TPSA) is 86.0 Å². The first-order valence-electron chi connectivity index (χ1n) is 11.5. The molecule has 8 nitrogen and oxygen atoms in total. The molecule has 1 aliphatic carbocycles. The third-order valence-electron chi connectivity index (χ3n) is 7.14. The monoisotopic (exact) mass is 438 g/mol. The second-order valence-corrected chi connectivity index (χ2v) is 9.17. The van der Waals surface area contributed by atoms with Crippen molar-refractivity contribution in [2.45, 2.75) is 38.6 Å². The van der Waals surface area contributed by atoms with Crippen LogP contribution in [-0.4, -0.2) is 72.2 Å². The fraction of sp³-hybridized carbons (Fsp3) is 0.583. The van der Waals surface area contributed by atoms with Crippen molar-refractivity contribution in [1.82, 2.24) is 14.7 Å². The predicted octanol–water partition coefficient (Wildman–Crippen LogP) is 2.67. The van der Waals surface area contributed by atoms with E-state index in [2.05, 4.69) is 10.1 Å². The molecule has 2 fully saturated rings. The van der Waals surface area contributed by atoms with E-state index in [4.69, 9.17) is 9.47 Å². The number of likely N-dealkylation sites (tertiary alicyclic amines) is 1. The Labute approximate surface area is 188 Å². The number of carbonyl (C=O) groups excluding carboxylic acids is 2. The fourth-order valence-corrected chi connectivity index (χ4v) is 5.20. The molecule has 0 aromatic carbocycles. The number of methoxy groups -OCH3 is 1. The van der Waals surface area contributed by atoms with Crippen LogP contribution in [0.3, 0.4) is 0 Å².